The smallest absolute Gasteiger partial charge is 0.339 e. The Hall–Kier alpha value is -2.11. The molecular weight excluding hydrogens is 260 g/mol. The molecule has 0 radical (unpaired) electrons. The van der Waals surface area contributed by atoms with E-state index in [1.807, 2.05) is 0 Å². The third kappa shape index (κ3) is 3.94. The molecular formula is C14H18N2O4. The molecule has 0 bridgehead atoms. The van der Waals surface area contributed by atoms with Gasteiger partial charge in [-0.2, -0.15) is 0 Å². The van der Waals surface area contributed by atoms with Gasteiger partial charge in [-0.25, -0.2) is 9.78 Å². The Morgan fingerprint density at radius 2 is 2.25 bits per heavy atom. The standard InChI is InChI=1S/C14H18N2O4/c1-2-20-14(19)10-5-6-12(15-8-10)16-11(7-13(17)18)9-3-4-9/h5-6,8-9,11H,2-4,7H2,1H3,(H,15,16)(H,17,18). The first kappa shape index (κ1) is 14.3. The number of rotatable bonds is 7. The Balaban J connectivity index is 1.98. The maximum absolute atomic E-state index is 11.5. The molecule has 1 aromatic heterocycles. The number of pyridine rings is 1. The molecule has 1 saturated carbocycles. The van der Waals surface area contributed by atoms with E-state index >= 15 is 0 Å². The van der Waals surface area contributed by atoms with Gasteiger partial charge in [0.2, 0.25) is 0 Å². The summed E-state index contributed by atoms with van der Waals surface area (Å²) >= 11 is 0. The lowest BCUT2D eigenvalue weighted by Gasteiger charge is -2.16. The van der Waals surface area contributed by atoms with E-state index < -0.39 is 11.9 Å². The molecule has 6 heteroatoms. The minimum absolute atomic E-state index is 0.0754. The minimum Gasteiger partial charge on any atom is -0.481 e. The van der Waals surface area contributed by atoms with Crippen LogP contribution in [0.1, 0.15) is 36.5 Å². The summed E-state index contributed by atoms with van der Waals surface area (Å²) < 4.78 is 4.87. The van der Waals surface area contributed by atoms with Crippen LogP contribution >= 0.6 is 0 Å². The zero-order valence-electron chi connectivity index (χ0n) is 11.3. The molecule has 1 unspecified atom stereocenters. The molecule has 108 valence electrons. The molecule has 0 aliphatic heterocycles. The van der Waals surface area contributed by atoms with E-state index in [1.165, 1.54) is 6.20 Å². The molecule has 1 fully saturated rings. The number of hydrogen-bond donors (Lipinski definition) is 2. The third-order valence-corrected chi connectivity index (χ3v) is 3.19. The molecule has 1 heterocycles. The van der Waals surface area contributed by atoms with Crippen molar-refractivity contribution >= 4 is 17.8 Å². The van der Waals surface area contributed by atoms with Gasteiger partial charge in [0.15, 0.2) is 0 Å². The summed E-state index contributed by atoms with van der Waals surface area (Å²) in [6.45, 7) is 2.06. The van der Waals surface area contributed by atoms with Gasteiger partial charge in [0.05, 0.1) is 18.6 Å². The highest BCUT2D eigenvalue weighted by Crippen LogP contribution is 2.35. The van der Waals surface area contributed by atoms with Crippen LogP contribution in [0.5, 0.6) is 0 Å². The van der Waals surface area contributed by atoms with Gasteiger partial charge in [0, 0.05) is 12.2 Å². The minimum atomic E-state index is -0.822. The Morgan fingerprint density at radius 1 is 1.50 bits per heavy atom. The van der Waals surface area contributed by atoms with Crippen molar-refractivity contribution < 1.29 is 19.4 Å². The number of esters is 1. The number of aliphatic carboxylic acids is 1. The van der Waals surface area contributed by atoms with Gasteiger partial charge in [-0.1, -0.05) is 0 Å². The lowest BCUT2D eigenvalue weighted by Crippen LogP contribution is -2.25. The first-order valence-electron chi connectivity index (χ1n) is 6.71. The van der Waals surface area contributed by atoms with Crippen LogP contribution in [-0.2, 0) is 9.53 Å². The highest BCUT2D eigenvalue weighted by atomic mass is 16.5. The lowest BCUT2D eigenvalue weighted by atomic mass is 10.1. The Bertz CT molecular complexity index is 482. The van der Waals surface area contributed by atoms with Crippen molar-refractivity contribution in [2.24, 2.45) is 5.92 Å². The summed E-state index contributed by atoms with van der Waals surface area (Å²) in [5.41, 5.74) is 0.388. The van der Waals surface area contributed by atoms with Gasteiger partial charge in [-0.3, -0.25) is 4.79 Å². The largest absolute Gasteiger partial charge is 0.481 e. The first-order valence-corrected chi connectivity index (χ1v) is 6.71. The van der Waals surface area contributed by atoms with Crippen LogP contribution in [0.4, 0.5) is 5.82 Å². The number of ether oxygens (including phenoxy) is 1. The van der Waals surface area contributed by atoms with Crippen LogP contribution in [0.2, 0.25) is 0 Å². The van der Waals surface area contributed by atoms with Crippen LogP contribution < -0.4 is 5.32 Å². The number of carbonyl (C=O) groups excluding carboxylic acids is 1. The van der Waals surface area contributed by atoms with Gasteiger partial charge in [0.25, 0.3) is 0 Å². The van der Waals surface area contributed by atoms with Gasteiger partial charge in [-0.15, -0.1) is 0 Å². The number of carbonyl (C=O) groups is 2. The fourth-order valence-electron chi connectivity index (χ4n) is 2.03. The van der Waals surface area contributed by atoms with Gasteiger partial charge < -0.3 is 15.2 Å². The molecule has 0 saturated heterocycles. The molecule has 0 aromatic carbocycles. The summed E-state index contributed by atoms with van der Waals surface area (Å²) in [7, 11) is 0. The number of nitrogens with zero attached hydrogens (tertiary/aromatic N) is 1. The Labute approximate surface area is 117 Å². The van der Waals surface area contributed by atoms with Crippen LogP contribution in [0, 0.1) is 5.92 Å². The Kier molecular flexibility index (Phi) is 4.55. The second-order valence-corrected chi connectivity index (χ2v) is 4.84. The highest BCUT2D eigenvalue weighted by Gasteiger charge is 2.32. The third-order valence-electron chi connectivity index (χ3n) is 3.19. The van der Waals surface area contributed by atoms with E-state index in [0.717, 1.165) is 12.8 Å². The van der Waals surface area contributed by atoms with Crippen molar-refractivity contribution in [1.82, 2.24) is 4.98 Å². The van der Waals surface area contributed by atoms with E-state index in [2.05, 4.69) is 10.3 Å². The molecule has 0 amide bonds. The predicted octanol–water partition coefficient (Wildman–Crippen LogP) is 1.92. The summed E-state index contributed by atoms with van der Waals surface area (Å²) in [6, 6.07) is 3.19. The fourth-order valence-corrected chi connectivity index (χ4v) is 2.03. The van der Waals surface area contributed by atoms with Crippen LogP contribution in [0.3, 0.4) is 0 Å². The van der Waals surface area contributed by atoms with Crippen LogP contribution in [0.25, 0.3) is 0 Å². The molecule has 2 N–H and O–H groups in total. The average molecular weight is 278 g/mol. The van der Waals surface area contributed by atoms with Crippen LogP contribution in [0.15, 0.2) is 18.3 Å². The normalized spacial score (nSPS) is 15.4. The quantitative estimate of drug-likeness (QED) is 0.741. The maximum Gasteiger partial charge on any atom is 0.339 e. The van der Waals surface area contributed by atoms with E-state index in [1.54, 1.807) is 19.1 Å². The SMILES string of the molecule is CCOC(=O)c1ccc(NC(CC(=O)O)C2CC2)nc1. The van der Waals surface area contributed by atoms with Crippen molar-refractivity contribution in [3.8, 4) is 0 Å². The number of carboxylic acids is 1. The fraction of sp³-hybridized carbons (Fsp3) is 0.500. The van der Waals surface area contributed by atoms with Crippen LogP contribution in [-0.4, -0.2) is 34.7 Å². The van der Waals surface area contributed by atoms with Gasteiger partial charge in [0.1, 0.15) is 5.82 Å². The highest BCUT2D eigenvalue weighted by molar-refractivity contribution is 5.89. The molecule has 1 aromatic rings. The summed E-state index contributed by atoms with van der Waals surface area (Å²) in [4.78, 5) is 26.4. The summed E-state index contributed by atoms with van der Waals surface area (Å²) in [5, 5.41) is 12.0. The van der Waals surface area contributed by atoms with Crippen molar-refractivity contribution in [2.45, 2.75) is 32.2 Å². The predicted molar refractivity (Wildman–Crippen MR) is 72.6 cm³/mol. The molecule has 0 spiro atoms. The molecule has 2 rings (SSSR count). The van der Waals surface area contributed by atoms with Gasteiger partial charge in [-0.05, 0) is 37.8 Å². The zero-order chi connectivity index (χ0) is 14.5. The van der Waals surface area contributed by atoms with Gasteiger partial charge >= 0.3 is 11.9 Å². The number of carboxylic acid groups (broad SMARTS) is 1. The van der Waals surface area contributed by atoms with E-state index in [-0.39, 0.29) is 12.5 Å². The van der Waals surface area contributed by atoms with Crippen molar-refractivity contribution in [2.75, 3.05) is 11.9 Å². The zero-order valence-corrected chi connectivity index (χ0v) is 11.3. The molecule has 20 heavy (non-hydrogen) atoms. The van der Waals surface area contributed by atoms with Crippen molar-refractivity contribution in [3.63, 3.8) is 0 Å². The number of anilines is 1. The van der Waals surface area contributed by atoms with E-state index in [0.29, 0.717) is 23.9 Å². The molecule has 1 atom stereocenters. The number of nitrogens with one attached hydrogen (secondary N) is 1. The summed E-state index contributed by atoms with van der Waals surface area (Å²) in [6.07, 6.45) is 3.61. The van der Waals surface area contributed by atoms with Crippen molar-refractivity contribution in [3.05, 3.63) is 23.9 Å². The maximum atomic E-state index is 11.5. The molecule has 1 aliphatic rings. The monoisotopic (exact) mass is 278 g/mol. The number of hydrogen-bond acceptors (Lipinski definition) is 5. The van der Waals surface area contributed by atoms with Crippen molar-refractivity contribution in [1.29, 1.82) is 0 Å². The second-order valence-electron chi connectivity index (χ2n) is 4.84. The van der Waals surface area contributed by atoms with E-state index in [9.17, 15) is 9.59 Å². The summed E-state index contributed by atoms with van der Waals surface area (Å²) in [5.74, 6) is -0.248. The first-order chi connectivity index (χ1) is 9.60. The Morgan fingerprint density at radius 3 is 2.75 bits per heavy atom. The second kappa shape index (κ2) is 6.36. The molecule has 1 aliphatic carbocycles. The van der Waals surface area contributed by atoms with E-state index in [4.69, 9.17) is 9.84 Å². The topological polar surface area (TPSA) is 88.5 Å². The lowest BCUT2D eigenvalue weighted by molar-refractivity contribution is -0.137. The molecule has 6 nitrogen and oxygen atoms in total. The average Bonchev–Trinajstić information content (AvgIpc) is 3.23. The number of aromatic nitrogens is 1.